The highest BCUT2D eigenvalue weighted by molar-refractivity contribution is 5.74. The summed E-state index contributed by atoms with van der Waals surface area (Å²) in [5, 5.41) is 0. The standard InChI is InChI=1S/C29H32O5/c1-6-32-28(30)19(2)33-22-14-12-20(13-15-22)26-24-17-16-23(31-5)18-25(24)34-29(3,4)27(26)21-10-8-7-9-11-21/h7-19,26-27H,6H2,1-5H3/t19?,26-,27-/m1/s1. The molecule has 5 heteroatoms. The fraction of sp³-hybridized carbons (Fsp3) is 0.345. The molecule has 0 N–H and O–H groups in total. The molecule has 34 heavy (non-hydrogen) atoms. The zero-order valence-electron chi connectivity index (χ0n) is 20.4. The van der Waals surface area contributed by atoms with Crippen LogP contribution in [-0.4, -0.2) is 31.4 Å². The molecule has 0 fully saturated rings. The first-order chi connectivity index (χ1) is 16.3. The number of ether oxygens (including phenoxy) is 4. The molecule has 4 rings (SSSR count). The minimum absolute atomic E-state index is 0.0589. The highest BCUT2D eigenvalue weighted by atomic mass is 16.6. The Balaban J connectivity index is 1.74. The molecule has 0 spiro atoms. The maximum atomic E-state index is 12.0. The molecule has 1 aliphatic rings. The number of methoxy groups -OCH3 is 1. The zero-order valence-corrected chi connectivity index (χ0v) is 20.4. The van der Waals surface area contributed by atoms with Gasteiger partial charge >= 0.3 is 5.97 Å². The number of esters is 1. The van der Waals surface area contributed by atoms with E-state index in [2.05, 4.69) is 56.3 Å². The van der Waals surface area contributed by atoms with Crippen LogP contribution in [0.25, 0.3) is 0 Å². The molecule has 0 saturated heterocycles. The fourth-order valence-electron chi connectivity index (χ4n) is 4.81. The number of carbonyl (C=O) groups excluding carboxylic acids is 1. The smallest absolute Gasteiger partial charge is 0.347 e. The van der Waals surface area contributed by atoms with Crippen molar-refractivity contribution in [3.8, 4) is 17.2 Å². The van der Waals surface area contributed by atoms with Crippen LogP contribution in [0.4, 0.5) is 0 Å². The Bertz CT molecular complexity index is 1120. The molecule has 0 amide bonds. The largest absolute Gasteiger partial charge is 0.497 e. The van der Waals surface area contributed by atoms with Gasteiger partial charge in [0, 0.05) is 23.5 Å². The Kier molecular flexibility index (Phi) is 6.82. The van der Waals surface area contributed by atoms with Crippen LogP contribution in [0.2, 0.25) is 0 Å². The molecule has 5 nitrogen and oxygen atoms in total. The lowest BCUT2D eigenvalue weighted by Crippen LogP contribution is -2.43. The third-order valence-electron chi connectivity index (χ3n) is 6.34. The number of rotatable bonds is 7. The van der Waals surface area contributed by atoms with Crippen molar-refractivity contribution in [1.29, 1.82) is 0 Å². The van der Waals surface area contributed by atoms with Crippen molar-refractivity contribution in [2.24, 2.45) is 0 Å². The van der Waals surface area contributed by atoms with E-state index in [-0.39, 0.29) is 17.8 Å². The third-order valence-corrected chi connectivity index (χ3v) is 6.34. The van der Waals surface area contributed by atoms with Crippen molar-refractivity contribution in [2.45, 2.75) is 51.2 Å². The van der Waals surface area contributed by atoms with Gasteiger partial charge in [0.1, 0.15) is 22.8 Å². The van der Waals surface area contributed by atoms with Crippen molar-refractivity contribution in [1.82, 2.24) is 0 Å². The Morgan fingerprint density at radius 2 is 1.65 bits per heavy atom. The van der Waals surface area contributed by atoms with E-state index < -0.39 is 11.7 Å². The first kappa shape index (κ1) is 23.7. The number of carbonyl (C=O) groups is 1. The topological polar surface area (TPSA) is 54.0 Å². The van der Waals surface area contributed by atoms with Crippen LogP contribution < -0.4 is 14.2 Å². The Hall–Kier alpha value is -3.47. The van der Waals surface area contributed by atoms with Gasteiger partial charge < -0.3 is 18.9 Å². The van der Waals surface area contributed by atoms with E-state index in [9.17, 15) is 4.79 Å². The van der Waals surface area contributed by atoms with Gasteiger partial charge in [-0.1, -0.05) is 48.5 Å². The van der Waals surface area contributed by atoms with E-state index >= 15 is 0 Å². The average molecular weight is 461 g/mol. The van der Waals surface area contributed by atoms with E-state index in [4.69, 9.17) is 18.9 Å². The summed E-state index contributed by atoms with van der Waals surface area (Å²) in [6.45, 7) is 8.08. The van der Waals surface area contributed by atoms with E-state index in [1.54, 1.807) is 21.0 Å². The fourth-order valence-corrected chi connectivity index (χ4v) is 4.81. The molecule has 3 aromatic carbocycles. The van der Waals surface area contributed by atoms with Crippen molar-refractivity contribution >= 4 is 5.97 Å². The Morgan fingerprint density at radius 1 is 0.971 bits per heavy atom. The van der Waals surface area contributed by atoms with Crippen LogP contribution in [0.3, 0.4) is 0 Å². The summed E-state index contributed by atoms with van der Waals surface area (Å²) in [7, 11) is 1.66. The normalized spacial score (nSPS) is 19.3. The van der Waals surface area contributed by atoms with E-state index in [0.29, 0.717) is 12.4 Å². The first-order valence-electron chi connectivity index (χ1n) is 11.7. The van der Waals surface area contributed by atoms with Crippen molar-refractivity contribution in [3.05, 3.63) is 89.5 Å². The molecule has 1 unspecified atom stereocenters. The summed E-state index contributed by atoms with van der Waals surface area (Å²) in [5.41, 5.74) is 3.02. The molecule has 0 saturated carbocycles. The van der Waals surface area contributed by atoms with Gasteiger partial charge in [-0.2, -0.15) is 0 Å². The quantitative estimate of drug-likeness (QED) is 0.398. The summed E-state index contributed by atoms with van der Waals surface area (Å²) in [6.07, 6.45) is -0.668. The van der Waals surface area contributed by atoms with Crippen LogP contribution in [0.5, 0.6) is 17.2 Å². The van der Waals surface area contributed by atoms with Crippen molar-refractivity contribution in [2.75, 3.05) is 13.7 Å². The lowest BCUT2D eigenvalue weighted by Gasteiger charge is -2.45. The van der Waals surface area contributed by atoms with Gasteiger partial charge in [-0.25, -0.2) is 4.79 Å². The van der Waals surface area contributed by atoms with Gasteiger partial charge in [-0.05, 0) is 57.0 Å². The van der Waals surface area contributed by atoms with Crippen molar-refractivity contribution in [3.63, 3.8) is 0 Å². The van der Waals surface area contributed by atoms with Gasteiger partial charge in [0.25, 0.3) is 0 Å². The molecule has 1 heterocycles. The predicted octanol–water partition coefficient (Wildman–Crippen LogP) is 6.11. The maximum Gasteiger partial charge on any atom is 0.347 e. The minimum Gasteiger partial charge on any atom is -0.497 e. The summed E-state index contributed by atoms with van der Waals surface area (Å²) in [4.78, 5) is 12.0. The molecule has 0 bridgehead atoms. The summed E-state index contributed by atoms with van der Waals surface area (Å²) in [6, 6.07) is 24.5. The number of hydrogen-bond donors (Lipinski definition) is 0. The Morgan fingerprint density at radius 3 is 2.29 bits per heavy atom. The van der Waals surface area contributed by atoms with Gasteiger partial charge in [0.2, 0.25) is 0 Å². The third kappa shape index (κ3) is 4.74. The average Bonchev–Trinajstić information content (AvgIpc) is 2.83. The van der Waals surface area contributed by atoms with Crippen LogP contribution >= 0.6 is 0 Å². The van der Waals surface area contributed by atoms with Crippen LogP contribution in [0.15, 0.2) is 72.8 Å². The highest BCUT2D eigenvalue weighted by Gasteiger charge is 2.45. The first-order valence-corrected chi connectivity index (χ1v) is 11.7. The minimum atomic E-state index is -0.668. The summed E-state index contributed by atoms with van der Waals surface area (Å²) in [5.74, 6) is 2.00. The van der Waals surface area contributed by atoms with Crippen LogP contribution in [-0.2, 0) is 9.53 Å². The molecule has 3 atom stereocenters. The maximum absolute atomic E-state index is 12.0. The second-order valence-corrected chi connectivity index (χ2v) is 9.06. The van der Waals surface area contributed by atoms with E-state index in [0.717, 1.165) is 22.6 Å². The van der Waals surface area contributed by atoms with E-state index in [1.807, 2.05) is 30.3 Å². The van der Waals surface area contributed by atoms with Crippen LogP contribution in [0, 0.1) is 0 Å². The molecule has 0 aromatic heterocycles. The highest BCUT2D eigenvalue weighted by Crippen LogP contribution is 2.53. The predicted molar refractivity (Wildman–Crippen MR) is 132 cm³/mol. The van der Waals surface area contributed by atoms with Gasteiger partial charge in [0.15, 0.2) is 6.10 Å². The monoisotopic (exact) mass is 460 g/mol. The molecular formula is C29H32O5. The lowest BCUT2D eigenvalue weighted by molar-refractivity contribution is -0.150. The van der Waals surface area contributed by atoms with Crippen molar-refractivity contribution < 1.29 is 23.7 Å². The Labute approximate surface area is 201 Å². The molecule has 178 valence electrons. The molecule has 0 radical (unpaired) electrons. The van der Waals surface area contributed by atoms with Gasteiger partial charge in [0.05, 0.1) is 13.7 Å². The molecule has 0 aliphatic carbocycles. The molecule has 1 aliphatic heterocycles. The number of benzene rings is 3. The summed E-state index contributed by atoms with van der Waals surface area (Å²) >= 11 is 0. The second kappa shape index (κ2) is 9.80. The van der Waals surface area contributed by atoms with Gasteiger partial charge in [-0.3, -0.25) is 0 Å². The molecular weight excluding hydrogens is 428 g/mol. The molecule has 3 aromatic rings. The summed E-state index contributed by atoms with van der Waals surface area (Å²) < 4.78 is 22.9. The van der Waals surface area contributed by atoms with E-state index in [1.165, 1.54) is 5.56 Å². The van der Waals surface area contributed by atoms with Gasteiger partial charge in [-0.15, -0.1) is 0 Å². The SMILES string of the molecule is CCOC(=O)C(C)Oc1ccc([C@@H]2c3ccc(OC)cc3OC(C)(C)[C@@H]2c2ccccc2)cc1. The lowest BCUT2D eigenvalue weighted by atomic mass is 9.68. The number of fused-ring (bicyclic) bond motifs is 1. The second-order valence-electron chi connectivity index (χ2n) is 9.06. The zero-order chi connectivity index (χ0) is 24.3. The number of hydrogen-bond acceptors (Lipinski definition) is 5. The van der Waals surface area contributed by atoms with Crippen LogP contribution in [0.1, 0.15) is 56.2 Å².